The Morgan fingerprint density at radius 3 is 2.67 bits per heavy atom. The van der Waals surface area contributed by atoms with E-state index >= 15 is 0 Å². The number of nitrogens with zero attached hydrogens (tertiary/aromatic N) is 2. The minimum Gasteiger partial charge on any atom is -0.462 e. The van der Waals surface area contributed by atoms with Crippen LogP contribution in [0.4, 0.5) is 18.9 Å². The lowest BCUT2D eigenvalue weighted by Crippen LogP contribution is -2.31. The van der Waals surface area contributed by atoms with Gasteiger partial charge >= 0.3 is 12.1 Å². The molecule has 0 N–H and O–H groups in total. The number of halogens is 4. The third-order valence-corrected chi connectivity index (χ3v) is 4.64. The molecular weight excluding hydrogens is 365 g/mol. The Kier molecular flexibility index (Phi) is 6.40. The molecule has 132 valence electrons. The molecule has 0 amide bonds. The summed E-state index contributed by atoms with van der Waals surface area (Å²) in [5.41, 5.74) is -1.58. The van der Waals surface area contributed by atoms with Gasteiger partial charge in [0.2, 0.25) is 0 Å². The van der Waals surface area contributed by atoms with Crippen molar-refractivity contribution in [3.8, 4) is 0 Å². The summed E-state index contributed by atoms with van der Waals surface area (Å²) in [5, 5.41) is -0.356. The van der Waals surface area contributed by atoms with E-state index in [2.05, 4.69) is 4.99 Å². The Hall–Kier alpha value is -1.41. The van der Waals surface area contributed by atoms with Gasteiger partial charge in [0, 0.05) is 24.6 Å². The number of rotatable bonds is 4. The highest BCUT2D eigenvalue weighted by atomic mass is 35.5. The molecule has 1 aromatic rings. The van der Waals surface area contributed by atoms with Crippen molar-refractivity contribution in [3.05, 3.63) is 28.3 Å². The molecule has 1 aromatic carbocycles. The van der Waals surface area contributed by atoms with Crippen LogP contribution in [0, 0.1) is 0 Å². The summed E-state index contributed by atoms with van der Waals surface area (Å²) in [6.45, 7) is 3.10. The minimum atomic E-state index is -4.62. The van der Waals surface area contributed by atoms with Crippen LogP contribution in [0.15, 0.2) is 17.1 Å². The average Bonchev–Trinajstić information content (AvgIpc) is 2.53. The van der Waals surface area contributed by atoms with Gasteiger partial charge in [0.1, 0.15) is 0 Å². The number of carbonyl (C=O) groups is 1. The normalized spacial score (nSPS) is 15.8. The molecule has 4 nitrogen and oxygen atoms in total. The number of thioether (sulfide) groups is 1. The number of ether oxygens (including phenoxy) is 1. The van der Waals surface area contributed by atoms with E-state index in [-0.39, 0.29) is 17.2 Å². The second kappa shape index (κ2) is 8.11. The smallest absolute Gasteiger partial charge is 0.418 e. The maximum absolute atomic E-state index is 13.2. The maximum Gasteiger partial charge on any atom is 0.418 e. The molecule has 0 aliphatic carbocycles. The first-order valence-electron chi connectivity index (χ1n) is 7.27. The van der Waals surface area contributed by atoms with Crippen LogP contribution in [0.3, 0.4) is 0 Å². The Balaban J connectivity index is 2.42. The molecule has 0 saturated carbocycles. The van der Waals surface area contributed by atoms with Crippen LogP contribution < -0.4 is 0 Å². The van der Waals surface area contributed by atoms with Gasteiger partial charge < -0.3 is 9.64 Å². The molecule has 1 aliphatic heterocycles. The Bertz CT molecular complexity index is 632. The minimum absolute atomic E-state index is 0.0975. The zero-order valence-corrected chi connectivity index (χ0v) is 14.5. The van der Waals surface area contributed by atoms with Crippen molar-refractivity contribution in [2.75, 3.05) is 31.2 Å². The van der Waals surface area contributed by atoms with E-state index in [1.807, 2.05) is 4.90 Å². The molecule has 1 aliphatic rings. The Labute approximate surface area is 147 Å². The van der Waals surface area contributed by atoms with E-state index in [1.165, 1.54) is 6.34 Å². The van der Waals surface area contributed by atoms with Crippen molar-refractivity contribution < 1.29 is 22.7 Å². The van der Waals surface area contributed by atoms with Crippen LogP contribution in [0.2, 0.25) is 5.02 Å². The number of aliphatic imine (C=N–C) groups is 1. The summed E-state index contributed by atoms with van der Waals surface area (Å²) in [4.78, 5) is 17.6. The zero-order chi connectivity index (χ0) is 17.7. The predicted molar refractivity (Wildman–Crippen MR) is 89.5 cm³/mol. The van der Waals surface area contributed by atoms with E-state index in [0.29, 0.717) is 13.1 Å². The number of hydrogen-bond donors (Lipinski definition) is 0. The van der Waals surface area contributed by atoms with E-state index in [4.69, 9.17) is 16.3 Å². The standard InChI is InChI=1S/C15H16ClF3N2O2S/c1-2-23-14(22)10-3-4-11(15(17,18)19)13(12(10)16)20-9-21-5-7-24-8-6-21/h3-4,9H,2,5-8H2,1H3. The molecule has 1 heterocycles. The van der Waals surface area contributed by atoms with Crippen molar-refractivity contribution in [2.45, 2.75) is 13.1 Å². The summed E-state index contributed by atoms with van der Waals surface area (Å²) >= 11 is 7.80. The number of benzene rings is 1. The average molecular weight is 381 g/mol. The number of alkyl halides is 3. The molecule has 1 saturated heterocycles. The first-order chi connectivity index (χ1) is 11.3. The van der Waals surface area contributed by atoms with E-state index in [9.17, 15) is 18.0 Å². The van der Waals surface area contributed by atoms with Crippen LogP contribution in [0.5, 0.6) is 0 Å². The second-order valence-electron chi connectivity index (χ2n) is 4.93. The molecule has 0 atom stereocenters. The predicted octanol–water partition coefficient (Wildman–Crippen LogP) is 4.24. The van der Waals surface area contributed by atoms with Gasteiger partial charge in [-0.2, -0.15) is 24.9 Å². The lowest BCUT2D eigenvalue weighted by Gasteiger charge is -2.24. The maximum atomic E-state index is 13.2. The van der Waals surface area contributed by atoms with E-state index in [0.717, 1.165) is 23.6 Å². The van der Waals surface area contributed by atoms with Gasteiger partial charge in [0.25, 0.3) is 0 Å². The highest BCUT2D eigenvalue weighted by Crippen LogP contribution is 2.42. The monoisotopic (exact) mass is 380 g/mol. The molecule has 0 radical (unpaired) electrons. The SMILES string of the molecule is CCOC(=O)c1ccc(C(F)(F)F)c(N=CN2CCSCC2)c1Cl. The lowest BCUT2D eigenvalue weighted by molar-refractivity contribution is -0.137. The van der Waals surface area contributed by atoms with Crippen molar-refractivity contribution >= 4 is 41.4 Å². The molecule has 1 fully saturated rings. The molecular formula is C15H16ClF3N2O2S. The first kappa shape index (κ1) is 18.9. The fourth-order valence-electron chi connectivity index (χ4n) is 2.12. The third kappa shape index (κ3) is 4.57. The summed E-state index contributed by atoms with van der Waals surface area (Å²) in [6.07, 6.45) is -3.27. The van der Waals surface area contributed by atoms with Gasteiger partial charge in [0.15, 0.2) is 0 Å². The molecule has 9 heteroatoms. The lowest BCUT2D eigenvalue weighted by atomic mass is 10.1. The molecule has 0 spiro atoms. The van der Waals surface area contributed by atoms with Gasteiger partial charge in [-0.15, -0.1) is 0 Å². The van der Waals surface area contributed by atoms with Crippen LogP contribution >= 0.6 is 23.4 Å². The van der Waals surface area contributed by atoms with Crippen LogP contribution in [-0.4, -0.2) is 48.4 Å². The molecule has 2 rings (SSSR count). The fourth-order valence-corrected chi connectivity index (χ4v) is 3.34. The van der Waals surface area contributed by atoms with Crippen molar-refractivity contribution in [2.24, 2.45) is 4.99 Å². The van der Waals surface area contributed by atoms with E-state index < -0.39 is 23.4 Å². The van der Waals surface area contributed by atoms with Crippen LogP contribution in [0.25, 0.3) is 0 Å². The van der Waals surface area contributed by atoms with Gasteiger partial charge in [-0.25, -0.2) is 9.79 Å². The summed E-state index contributed by atoms with van der Waals surface area (Å²) in [6, 6.07) is 1.82. The number of esters is 1. The van der Waals surface area contributed by atoms with Gasteiger partial charge in [-0.1, -0.05) is 11.6 Å². The largest absolute Gasteiger partial charge is 0.462 e. The third-order valence-electron chi connectivity index (χ3n) is 3.31. The number of hydrogen-bond acceptors (Lipinski definition) is 4. The summed E-state index contributed by atoms with van der Waals surface area (Å²) in [7, 11) is 0. The summed E-state index contributed by atoms with van der Waals surface area (Å²) in [5.74, 6) is 0.991. The molecule has 24 heavy (non-hydrogen) atoms. The zero-order valence-electron chi connectivity index (χ0n) is 12.9. The van der Waals surface area contributed by atoms with Crippen molar-refractivity contribution in [1.82, 2.24) is 4.90 Å². The van der Waals surface area contributed by atoms with Gasteiger partial charge in [0.05, 0.1) is 34.8 Å². The van der Waals surface area contributed by atoms with Gasteiger partial charge in [-0.3, -0.25) is 0 Å². The Morgan fingerprint density at radius 2 is 2.08 bits per heavy atom. The fraction of sp³-hybridized carbons (Fsp3) is 0.467. The van der Waals surface area contributed by atoms with E-state index in [1.54, 1.807) is 18.7 Å². The highest BCUT2D eigenvalue weighted by Gasteiger charge is 2.35. The quantitative estimate of drug-likeness (QED) is 0.445. The topological polar surface area (TPSA) is 41.9 Å². The van der Waals surface area contributed by atoms with Crippen LogP contribution in [-0.2, 0) is 10.9 Å². The van der Waals surface area contributed by atoms with Crippen molar-refractivity contribution in [3.63, 3.8) is 0 Å². The van der Waals surface area contributed by atoms with Crippen molar-refractivity contribution in [1.29, 1.82) is 0 Å². The second-order valence-corrected chi connectivity index (χ2v) is 6.54. The summed E-state index contributed by atoms with van der Waals surface area (Å²) < 4.78 is 44.4. The molecule has 0 bridgehead atoms. The number of carbonyl (C=O) groups excluding carboxylic acids is 1. The molecule has 0 unspecified atom stereocenters. The van der Waals surface area contributed by atoms with Crippen LogP contribution in [0.1, 0.15) is 22.8 Å². The Morgan fingerprint density at radius 1 is 1.42 bits per heavy atom. The molecule has 0 aromatic heterocycles. The first-order valence-corrected chi connectivity index (χ1v) is 8.80. The highest BCUT2D eigenvalue weighted by molar-refractivity contribution is 7.99. The van der Waals surface area contributed by atoms with Gasteiger partial charge in [-0.05, 0) is 19.1 Å².